The van der Waals surface area contributed by atoms with E-state index in [2.05, 4.69) is 5.32 Å². The van der Waals surface area contributed by atoms with E-state index in [1.165, 1.54) is 0 Å². The maximum atomic E-state index is 14.4. The van der Waals surface area contributed by atoms with Gasteiger partial charge in [-0.3, -0.25) is 5.32 Å². The lowest BCUT2D eigenvalue weighted by Crippen LogP contribution is -2.27. The SMILES string of the molecule is CC(C)(C)OC(=O)Nc1ccc(-c2ccccc2)c(F)c1N. The molecule has 5 heteroatoms. The maximum absolute atomic E-state index is 14.4. The highest BCUT2D eigenvalue weighted by atomic mass is 19.1. The zero-order chi connectivity index (χ0) is 16.3. The van der Waals surface area contributed by atoms with Gasteiger partial charge in [0, 0.05) is 5.56 Å². The molecule has 2 aromatic rings. The fourth-order valence-corrected chi connectivity index (χ4v) is 1.96. The molecule has 0 radical (unpaired) electrons. The standard InChI is InChI=1S/C17H19FN2O2/c1-17(2,3)22-16(21)20-13-10-9-12(14(18)15(13)19)11-7-5-4-6-8-11/h4-10H,19H2,1-3H3,(H,20,21). The molecule has 0 unspecified atom stereocenters. The second-order valence-corrected chi connectivity index (χ2v) is 5.88. The van der Waals surface area contributed by atoms with E-state index in [1.807, 2.05) is 18.2 Å². The van der Waals surface area contributed by atoms with Gasteiger partial charge in [0.2, 0.25) is 0 Å². The molecule has 0 fully saturated rings. The van der Waals surface area contributed by atoms with E-state index >= 15 is 0 Å². The Balaban J connectivity index is 2.26. The van der Waals surface area contributed by atoms with Crippen molar-refractivity contribution >= 4 is 17.5 Å². The second-order valence-electron chi connectivity index (χ2n) is 5.88. The lowest BCUT2D eigenvalue weighted by Gasteiger charge is -2.20. The second kappa shape index (κ2) is 6.05. The summed E-state index contributed by atoms with van der Waals surface area (Å²) in [7, 11) is 0. The quantitative estimate of drug-likeness (QED) is 0.807. The van der Waals surface area contributed by atoms with Crippen LogP contribution in [0.5, 0.6) is 0 Å². The molecule has 4 nitrogen and oxygen atoms in total. The predicted molar refractivity (Wildman–Crippen MR) is 86.1 cm³/mol. The van der Waals surface area contributed by atoms with Crippen molar-refractivity contribution in [2.24, 2.45) is 0 Å². The third kappa shape index (κ3) is 3.75. The average Bonchev–Trinajstić information content (AvgIpc) is 2.43. The summed E-state index contributed by atoms with van der Waals surface area (Å²) in [6.45, 7) is 5.24. The number of ether oxygens (including phenoxy) is 1. The number of nitrogens with two attached hydrogens (primary N) is 1. The molecule has 0 aliphatic carbocycles. The van der Waals surface area contributed by atoms with E-state index in [0.717, 1.165) is 5.56 Å². The van der Waals surface area contributed by atoms with Crippen LogP contribution in [0.1, 0.15) is 20.8 Å². The van der Waals surface area contributed by atoms with Crippen molar-refractivity contribution < 1.29 is 13.9 Å². The third-order valence-electron chi connectivity index (χ3n) is 2.90. The summed E-state index contributed by atoms with van der Waals surface area (Å²) < 4.78 is 19.5. The van der Waals surface area contributed by atoms with Crippen LogP contribution in [0.4, 0.5) is 20.6 Å². The first kappa shape index (κ1) is 15.8. The number of anilines is 2. The number of nitrogen functional groups attached to an aromatic ring is 1. The minimum atomic E-state index is -0.675. The predicted octanol–water partition coefficient (Wildman–Crippen LogP) is 4.42. The highest BCUT2D eigenvalue weighted by Gasteiger charge is 2.18. The van der Waals surface area contributed by atoms with Gasteiger partial charge >= 0.3 is 6.09 Å². The van der Waals surface area contributed by atoms with Gasteiger partial charge in [0.25, 0.3) is 0 Å². The van der Waals surface area contributed by atoms with Gasteiger partial charge in [0.1, 0.15) is 5.60 Å². The molecule has 22 heavy (non-hydrogen) atoms. The first-order valence-corrected chi connectivity index (χ1v) is 6.91. The first-order chi connectivity index (χ1) is 10.3. The highest BCUT2D eigenvalue weighted by molar-refractivity contribution is 5.90. The highest BCUT2D eigenvalue weighted by Crippen LogP contribution is 2.31. The number of hydrogen-bond donors (Lipinski definition) is 2. The van der Waals surface area contributed by atoms with E-state index in [9.17, 15) is 9.18 Å². The van der Waals surface area contributed by atoms with Crippen LogP contribution in [0.2, 0.25) is 0 Å². The van der Waals surface area contributed by atoms with Crippen LogP contribution in [-0.2, 0) is 4.74 Å². The van der Waals surface area contributed by atoms with Crippen LogP contribution in [0.15, 0.2) is 42.5 Å². The Morgan fingerprint density at radius 3 is 2.36 bits per heavy atom. The third-order valence-corrected chi connectivity index (χ3v) is 2.90. The van der Waals surface area contributed by atoms with Gasteiger partial charge in [0.05, 0.1) is 11.4 Å². The van der Waals surface area contributed by atoms with Crippen molar-refractivity contribution in [2.75, 3.05) is 11.1 Å². The Kier molecular flexibility index (Phi) is 4.35. The van der Waals surface area contributed by atoms with Crippen LogP contribution in [0, 0.1) is 5.82 Å². The Labute approximate surface area is 129 Å². The van der Waals surface area contributed by atoms with E-state index in [0.29, 0.717) is 5.56 Å². The first-order valence-electron chi connectivity index (χ1n) is 6.91. The maximum Gasteiger partial charge on any atom is 0.412 e. The molecule has 0 spiro atoms. The van der Waals surface area contributed by atoms with Crippen LogP contribution < -0.4 is 11.1 Å². The number of carbonyl (C=O) groups is 1. The molecule has 0 atom stereocenters. The van der Waals surface area contributed by atoms with Gasteiger partial charge in [0.15, 0.2) is 5.82 Å². The number of benzene rings is 2. The molecule has 0 aliphatic heterocycles. The molecular weight excluding hydrogens is 283 g/mol. The Morgan fingerprint density at radius 1 is 1.14 bits per heavy atom. The van der Waals surface area contributed by atoms with E-state index in [4.69, 9.17) is 10.5 Å². The summed E-state index contributed by atoms with van der Waals surface area (Å²) in [6, 6.07) is 12.2. The Morgan fingerprint density at radius 2 is 1.77 bits per heavy atom. The van der Waals surface area contributed by atoms with Crippen LogP contribution in [0.25, 0.3) is 11.1 Å². The van der Waals surface area contributed by atoms with Gasteiger partial charge in [-0.15, -0.1) is 0 Å². The van der Waals surface area contributed by atoms with Crippen LogP contribution >= 0.6 is 0 Å². The molecule has 0 bridgehead atoms. The number of carbonyl (C=O) groups excluding carboxylic acids is 1. The summed E-state index contributed by atoms with van der Waals surface area (Å²) in [6.07, 6.45) is -0.675. The fourth-order valence-electron chi connectivity index (χ4n) is 1.96. The van der Waals surface area contributed by atoms with Crippen molar-refractivity contribution in [3.8, 4) is 11.1 Å². The molecule has 116 valence electrons. The van der Waals surface area contributed by atoms with Gasteiger partial charge < -0.3 is 10.5 Å². The molecule has 0 saturated carbocycles. The minimum Gasteiger partial charge on any atom is -0.444 e. The molecule has 0 heterocycles. The normalized spacial score (nSPS) is 11.1. The molecular formula is C17H19FN2O2. The number of amides is 1. The van der Waals surface area contributed by atoms with E-state index in [1.54, 1.807) is 45.0 Å². The Bertz CT molecular complexity index is 679. The lowest BCUT2D eigenvalue weighted by atomic mass is 10.0. The number of rotatable bonds is 2. The molecule has 2 aromatic carbocycles. The van der Waals surface area contributed by atoms with Gasteiger partial charge in [-0.2, -0.15) is 0 Å². The average molecular weight is 302 g/mol. The van der Waals surface area contributed by atoms with E-state index < -0.39 is 17.5 Å². The van der Waals surface area contributed by atoms with Crippen molar-refractivity contribution in [3.05, 3.63) is 48.3 Å². The molecule has 0 aromatic heterocycles. The smallest absolute Gasteiger partial charge is 0.412 e. The minimum absolute atomic E-state index is 0.118. The summed E-state index contributed by atoms with van der Waals surface area (Å²) >= 11 is 0. The van der Waals surface area contributed by atoms with Gasteiger partial charge in [-0.25, -0.2) is 9.18 Å². The van der Waals surface area contributed by atoms with Crippen molar-refractivity contribution in [2.45, 2.75) is 26.4 Å². The summed E-state index contributed by atoms with van der Waals surface area (Å²) in [4.78, 5) is 11.7. The van der Waals surface area contributed by atoms with Crippen LogP contribution in [0.3, 0.4) is 0 Å². The topological polar surface area (TPSA) is 64.3 Å². The van der Waals surface area contributed by atoms with Gasteiger partial charge in [-0.1, -0.05) is 30.3 Å². The molecule has 2 rings (SSSR count). The zero-order valence-corrected chi connectivity index (χ0v) is 12.8. The summed E-state index contributed by atoms with van der Waals surface area (Å²) in [5.41, 5.74) is 6.32. The summed E-state index contributed by atoms with van der Waals surface area (Å²) in [5.74, 6) is -0.570. The Hall–Kier alpha value is -2.56. The fraction of sp³-hybridized carbons (Fsp3) is 0.235. The summed E-state index contributed by atoms with van der Waals surface area (Å²) in [5, 5.41) is 2.46. The molecule has 0 saturated heterocycles. The largest absolute Gasteiger partial charge is 0.444 e. The molecule has 3 N–H and O–H groups in total. The lowest BCUT2D eigenvalue weighted by molar-refractivity contribution is 0.0636. The van der Waals surface area contributed by atoms with Crippen molar-refractivity contribution in [1.82, 2.24) is 0 Å². The van der Waals surface area contributed by atoms with Crippen molar-refractivity contribution in [1.29, 1.82) is 0 Å². The molecule has 0 aliphatic rings. The van der Waals surface area contributed by atoms with Gasteiger partial charge in [-0.05, 0) is 38.5 Å². The number of nitrogens with one attached hydrogen (secondary N) is 1. The monoisotopic (exact) mass is 302 g/mol. The van der Waals surface area contributed by atoms with E-state index in [-0.39, 0.29) is 11.4 Å². The number of halogens is 1. The van der Waals surface area contributed by atoms with Crippen LogP contribution in [-0.4, -0.2) is 11.7 Å². The molecule has 1 amide bonds. The van der Waals surface area contributed by atoms with Crippen molar-refractivity contribution in [3.63, 3.8) is 0 Å². The zero-order valence-electron chi connectivity index (χ0n) is 12.8. The number of hydrogen-bond acceptors (Lipinski definition) is 3.